The maximum Gasteiger partial charge on any atom is 0.0355 e. The smallest absolute Gasteiger partial charge is 0.0355 e. The second kappa shape index (κ2) is 7.10. The summed E-state index contributed by atoms with van der Waals surface area (Å²) in [5.41, 5.74) is 6.37. The fourth-order valence-electron chi connectivity index (χ4n) is 3.92. The molecule has 0 unspecified atom stereocenters. The van der Waals surface area contributed by atoms with Crippen molar-refractivity contribution in [2.45, 2.75) is 6.92 Å². The molecule has 0 aliphatic carbocycles. The Morgan fingerprint density at radius 3 is 1.89 bits per heavy atom. The number of rotatable bonds is 3. The van der Waals surface area contributed by atoms with Gasteiger partial charge in [-0.05, 0) is 53.0 Å². The van der Waals surface area contributed by atoms with Crippen LogP contribution in [0.3, 0.4) is 0 Å². The van der Waals surface area contributed by atoms with Crippen LogP contribution in [0.4, 0.5) is 0 Å². The lowest BCUT2D eigenvalue weighted by molar-refractivity contribution is 1.52. The van der Waals surface area contributed by atoms with E-state index in [2.05, 4.69) is 110 Å². The van der Waals surface area contributed by atoms with E-state index in [-0.39, 0.29) is 0 Å². The number of hydrogen-bond acceptors (Lipinski definition) is 1. The van der Waals surface area contributed by atoms with Crippen LogP contribution in [0, 0.1) is 0 Å². The first-order chi connectivity index (χ1) is 13.8. The topological polar surface area (TPSA) is 0 Å². The third-order valence-electron chi connectivity index (χ3n) is 5.31. The summed E-state index contributed by atoms with van der Waals surface area (Å²) in [7, 11) is 0. The average Bonchev–Trinajstić information content (AvgIpc) is 3.13. The Labute approximate surface area is 169 Å². The maximum absolute atomic E-state index is 2.36. The van der Waals surface area contributed by atoms with Gasteiger partial charge >= 0.3 is 0 Å². The van der Waals surface area contributed by atoms with Gasteiger partial charge in [-0.2, -0.15) is 0 Å². The third kappa shape index (κ3) is 2.94. The summed E-state index contributed by atoms with van der Waals surface area (Å²) >= 11 is 1.87. The van der Waals surface area contributed by atoms with Crippen molar-refractivity contribution < 1.29 is 0 Å². The van der Waals surface area contributed by atoms with E-state index in [1.807, 2.05) is 11.3 Å². The largest absolute Gasteiger partial charge is 0.135 e. The van der Waals surface area contributed by atoms with Crippen LogP contribution >= 0.6 is 11.3 Å². The fourth-order valence-corrected chi connectivity index (χ4v) is 5.00. The Bertz CT molecular complexity index is 1290. The molecule has 0 atom stereocenters. The Morgan fingerprint density at radius 2 is 1.14 bits per heavy atom. The van der Waals surface area contributed by atoms with Crippen molar-refractivity contribution in [3.8, 4) is 0 Å². The van der Waals surface area contributed by atoms with Gasteiger partial charge in [0.15, 0.2) is 0 Å². The third-order valence-corrected chi connectivity index (χ3v) is 6.46. The minimum absolute atomic E-state index is 1.25. The first kappa shape index (κ1) is 17.0. The van der Waals surface area contributed by atoms with E-state index in [4.69, 9.17) is 0 Å². The van der Waals surface area contributed by atoms with E-state index in [1.54, 1.807) is 0 Å². The molecule has 5 aromatic rings. The Balaban J connectivity index is 1.79. The second-order valence-electron chi connectivity index (χ2n) is 7.04. The van der Waals surface area contributed by atoms with E-state index >= 15 is 0 Å². The van der Waals surface area contributed by atoms with Crippen molar-refractivity contribution in [1.82, 2.24) is 0 Å². The van der Waals surface area contributed by atoms with Crippen LogP contribution < -0.4 is 0 Å². The molecule has 0 aliphatic heterocycles. The minimum Gasteiger partial charge on any atom is -0.135 e. The molecule has 0 spiro atoms. The van der Waals surface area contributed by atoms with Crippen molar-refractivity contribution in [3.63, 3.8) is 0 Å². The molecule has 0 bridgehead atoms. The number of benzene rings is 4. The van der Waals surface area contributed by atoms with Gasteiger partial charge < -0.3 is 0 Å². The first-order valence-corrected chi connectivity index (χ1v) is 10.4. The van der Waals surface area contributed by atoms with E-state index in [1.165, 1.54) is 48.0 Å². The van der Waals surface area contributed by atoms with Crippen molar-refractivity contribution in [2.24, 2.45) is 0 Å². The zero-order chi connectivity index (χ0) is 18.9. The van der Waals surface area contributed by atoms with Gasteiger partial charge in [-0.25, -0.2) is 0 Å². The molecule has 5 rings (SSSR count). The lowest BCUT2D eigenvalue weighted by Crippen LogP contribution is -1.92. The molecule has 134 valence electrons. The van der Waals surface area contributed by atoms with Crippen molar-refractivity contribution >= 4 is 42.7 Å². The molecule has 28 heavy (non-hydrogen) atoms. The van der Waals surface area contributed by atoms with Crippen LogP contribution in [-0.4, -0.2) is 0 Å². The van der Waals surface area contributed by atoms with Crippen molar-refractivity contribution in [1.29, 1.82) is 0 Å². The Morgan fingerprint density at radius 1 is 0.536 bits per heavy atom. The molecule has 0 saturated heterocycles. The molecule has 1 heterocycles. The van der Waals surface area contributed by atoms with E-state index < -0.39 is 0 Å². The van der Waals surface area contributed by atoms with E-state index in [0.717, 1.165) is 0 Å². The number of hydrogen-bond donors (Lipinski definition) is 0. The van der Waals surface area contributed by atoms with Crippen LogP contribution in [-0.2, 0) is 0 Å². The van der Waals surface area contributed by atoms with Crippen molar-refractivity contribution in [2.75, 3.05) is 0 Å². The predicted molar refractivity (Wildman–Crippen MR) is 124 cm³/mol. The lowest BCUT2D eigenvalue weighted by Gasteiger charge is -2.14. The molecular weight excluding hydrogens is 356 g/mol. The van der Waals surface area contributed by atoms with Gasteiger partial charge in [0.1, 0.15) is 0 Å². The standard InChI is InChI=1S/C27H20S/c1-19(20-10-4-2-5-11-20)27(21-12-6-3-7-13-21)22-16-17-26-24(18-22)23-14-8-9-15-25(23)28-26/h2-18H,1H3/b27-19-. The average molecular weight is 377 g/mol. The molecule has 1 heteroatoms. The lowest BCUT2D eigenvalue weighted by atomic mass is 9.90. The maximum atomic E-state index is 2.36. The zero-order valence-corrected chi connectivity index (χ0v) is 16.5. The van der Waals surface area contributed by atoms with Gasteiger partial charge in [0.25, 0.3) is 0 Å². The van der Waals surface area contributed by atoms with Gasteiger partial charge in [-0.3, -0.25) is 0 Å². The monoisotopic (exact) mass is 376 g/mol. The minimum atomic E-state index is 1.25. The predicted octanol–water partition coefficient (Wildman–Crippen LogP) is 8.03. The van der Waals surface area contributed by atoms with Gasteiger partial charge in [-0.15, -0.1) is 11.3 Å². The zero-order valence-electron chi connectivity index (χ0n) is 15.7. The number of allylic oxidation sites excluding steroid dienone is 1. The van der Waals surface area contributed by atoms with Crippen LogP contribution in [0.2, 0.25) is 0 Å². The SMILES string of the molecule is C/C(=C(\c1ccccc1)c1ccc2sc3ccccc3c2c1)c1ccccc1. The summed E-state index contributed by atoms with van der Waals surface area (Å²) < 4.78 is 2.69. The molecule has 0 nitrogen and oxygen atoms in total. The first-order valence-electron chi connectivity index (χ1n) is 9.54. The number of thiophene rings is 1. The molecule has 0 fully saturated rings. The van der Waals surface area contributed by atoms with E-state index in [9.17, 15) is 0 Å². The molecule has 0 amide bonds. The van der Waals surface area contributed by atoms with E-state index in [0.29, 0.717) is 0 Å². The van der Waals surface area contributed by atoms with Gasteiger partial charge in [0.05, 0.1) is 0 Å². The second-order valence-corrected chi connectivity index (χ2v) is 8.12. The highest BCUT2D eigenvalue weighted by Crippen LogP contribution is 2.38. The summed E-state index contributed by atoms with van der Waals surface area (Å²) in [5.74, 6) is 0. The van der Waals surface area contributed by atoms with Crippen LogP contribution in [0.25, 0.3) is 31.3 Å². The quantitative estimate of drug-likeness (QED) is 0.280. The normalized spacial score (nSPS) is 12.3. The Kier molecular flexibility index (Phi) is 4.31. The highest BCUT2D eigenvalue weighted by Gasteiger charge is 2.13. The van der Waals surface area contributed by atoms with Gasteiger partial charge in [0.2, 0.25) is 0 Å². The summed E-state index contributed by atoms with van der Waals surface area (Å²) in [6.07, 6.45) is 0. The van der Waals surface area contributed by atoms with Gasteiger partial charge in [0, 0.05) is 20.2 Å². The molecule has 0 saturated carbocycles. The van der Waals surface area contributed by atoms with Gasteiger partial charge in [-0.1, -0.05) is 84.9 Å². The van der Waals surface area contributed by atoms with Crippen LogP contribution in [0.15, 0.2) is 103 Å². The highest BCUT2D eigenvalue weighted by atomic mass is 32.1. The molecule has 0 N–H and O–H groups in total. The summed E-state index contributed by atoms with van der Waals surface area (Å²) in [6.45, 7) is 2.23. The summed E-state index contributed by atoms with van der Waals surface area (Å²) in [6, 6.07) is 37.0. The highest BCUT2D eigenvalue weighted by molar-refractivity contribution is 7.25. The number of fused-ring (bicyclic) bond motifs is 3. The molecule has 1 aromatic heterocycles. The summed E-state index contributed by atoms with van der Waals surface area (Å²) in [5, 5.41) is 2.68. The molecule has 0 radical (unpaired) electrons. The summed E-state index contributed by atoms with van der Waals surface area (Å²) in [4.78, 5) is 0. The molecule has 0 aliphatic rings. The van der Waals surface area contributed by atoms with Crippen LogP contribution in [0.5, 0.6) is 0 Å². The van der Waals surface area contributed by atoms with Crippen molar-refractivity contribution in [3.05, 3.63) is 120 Å². The molecular formula is C27H20S. The fraction of sp³-hybridized carbons (Fsp3) is 0.0370. The van der Waals surface area contributed by atoms with Crippen LogP contribution in [0.1, 0.15) is 23.6 Å². The molecule has 4 aromatic carbocycles. The Hall–Kier alpha value is -3.16.